The Hall–Kier alpha value is -0.0900. The van der Waals surface area contributed by atoms with Crippen molar-refractivity contribution in [2.45, 2.75) is 38.1 Å². The van der Waals surface area contributed by atoms with Crippen molar-refractivity contribution < 1.29 is 8.42 Å². The third kappa shape index (κ3) is 1.27. The molecule has 0 heterocycles. The maximum Gasteiger partial charge on any atom is 0.209 e. The zero-order chi connectivity index (χ0) is 9.04. The minimum absolute atomic E-state index is 0.0550. The molecule has 0 spiro atoms. The number of hydrogen-bond acceptors (Lipinski definition) is 2. The van der Waals surface area contributed by atoms with Crippen molar-refractivity contribution in [1.29, 1.82) is 0 Å². The van der Waals surface area contributed by atoms with Gasteiger partial charge in [-0.15, -0.1) is 0 Å². The smallest absolute Gasteiger partial charge is 0.209 e. The van der Waals surface area contributed by atoms with Crippen molar-refractivity contribution >= 4 is 10.0 Å². The van der Waals surface area contributed by atoms with Gasteiger partial charge in [0.25, 0.3) is 0 Å². The second-order valence-electron chi connectivity index (χ2n) is 4.52. The minimum atomic E-state index is -3.01. The summed E-state index contributed by atoms with van der Waals surface area (Å²) in [4.78, 5) is 0. The third-order valence-corrected chi connectivity index (χ3v) is 4.05. The third-order valence-electron chi connectivity index (χ3n) is 3.29. The average Bonchev–Trinajstić information content (AvgIpc) is 2.65. The molecule has 2 rings (SSSR count). The molecule has 0 radical (unpaired) electrons. The zero-order valence-electron chi connectivity index (χ0n) is 7.55. The summed E-state index contributed by atoms with van der Waals surface area (Å²) in [6.07, 6.45) is 5.65. The number of hydrogen-bond donors (Lipinski definition) is 1. The highest BCUT2D eigenvalue weighted by atomic mass is 32.2. The van der Waals surface area contributed by atoms with Crippen LogP contribution in [0.25, 0.3) is 0 Å². The van der Waals surface area contributed by atoms with E-state index in [9.17, 15) is 8.42 Å². The fourth-order valence-electron chi connectivity index (χ4n) is 1.97. The van der Waals surface area contributed by atoms with Gasteiger partial charge in [0.1, 0.15) is 0 Å². The molecule has 2 saturated carbocycles. The molecule has 3 nitrogen and oxygen atoms in total. The fraction of sp³-hybridized carbons (Fsp3) is 1.00. The van der Waals surface area contributed by atoms with Crippen LogP contribution in [0.15, 0.2) is 0 Å². The van der Waals surface area contributed by atoms with Gasteiger partial charge in [-0.3, -0.25) is 0 Å². The molecule has 0 saturated heterocycles. The molecule has 0 amide bonds. The second kappa shape index (κ2) is 2.04. The molecule has 0 unspecified atom stereocenters. The quantitative estimate of drug-likeness (QED) is 0.716. The SMILES string of the molecule is CC1(C2(NS(C)(=O)=O)CC2)CC1. The Labute approximate surface area is 73.6 Å². The van der Waals surface area contributed by atoms with E-state index in [1.54, 1.807) is 0 Å². The van der Waals surface area contributed by atoms with Crippen molar-refractivity contribution in [2.75, 3.05) is 6.26 Å². The van der Waals surface area contributed by atoms with Crippen LogP contribution in [-0.4, -0.2) is 20.2 Å². The largest absolute Gasteiger partial charge is 0.213 e. The summed E-state index contributed by atoms with van der Waals surface area (Å²) in [5.41, 5.74) is 0.219. The first kappa shape index (κ1) is 8.51. The lowest BCUT2D eigenvalue weighted by Crippen LogP contribution is -2.42. The van der Waals surface area contributed by atoms with Crippen LogP contribution in [0.2, 0.25) is 0 Å². The molecule has 0 aliphatic heterocycles. The molecule has 2 aliphatic rings. The lowest BCUT2D eigenvalue weighted by molar-refractivity contribution is 0.382. The highest BCUT2D eigenvalue weighted by molar-refractivity contribution is 7.88. The Morgan fingerprint density at radius 2 is 1.67 bits per heavy atom. The van der Waals surface area contributed by atoms with Crippen molar-refractivity contribution in [3.63, 3.8) is 0 Å². The van der Waals surface area contributed by atoms with E-state index in [0.29, 0.717) is 0 Å². The molecule has 1 N–H and O–H groups in total. The van der Waals surface area contributed by atoms with E-state index in [1.165, 1.54) is 19.1 Å². The monoisotopic (exact) mass is 189 g/mol. The summed E-state index contributed by atoms with van der Waals surface area (Å²) >= 11 is 0. The molecule has 4 heteroatoms. The van der Waals surface area contributed by atoms with Gasteiger partial charge in [-0.25, -0.2) is 13.1 Å². The van der Waals surface area contributed by atoms with E-state index in [2.05, 4.69) is 11.6 Å². The minimum Gasteiger partial charge on any atom is -0.213 e. The van der Waals surface area contributed by atoms with Crippen LogP contribution in [0.4, 0.5) is 0 Å². The molecular weight excluding hydrogens is 174 g/mol. The second-order valence-corrected chi connectivity index (χ2v) is 6.27. The van der Waals surface area contributed by atoms with E-state index in [1.807, 2.05) is 0 Å². The van der Waals surface area contributed by atoms with Gasteiger partial charge >= 0.3 is 0 Å². The van der Waals surface area contributed by atoms with Crippen LogP contribution in [-0.2, 0) is 10.0 Å². The number of nitrogens with one attached hydrogen (secondary N) is 1. The first-order valence-electron chi connectivity index (χ1n) is 4.36. The highest BCUT2D eigenvalue weighted by Crippen LogP contribution is 2.63. The molecule has 70 valence electrons. The maximum atomic E-state index is 11.1. The van der Waals surface area contributed by atoms with E-state index in [0.717, 1.165) is 12.8 Å². The molecule has 2 aliphatic carbocycles. The topological polar surface area (TPSA) is 46.2 Å². The normalized spacial score (nSPS) is 29.8. The summed E-state index contributed by atoms with van der Waals surface area (Å²) in [7, 11) is -3.01. The van der Waals surface area contributed by atoms with Crippen LogP contribution in [0.3, 0.4) is 0 Å². The van der Waals surface area contributed by atoms with Crippen molar-refractivity contribution in [1.82, 2.24) is 4.72 Å². The Kier molecular flexibility index (Phi) is 1.45. The van der Waals surface area contributed by atoms with Crippen LogP contribution < -0.4 is 4.72 Å². The predicted octanol–water partition coefficient (Wildman–Crippen LogP) is 0.868. The predicted molar refractivity (Wildman–Crippen MR) is 47.3 cm³/mol. The Morgan fingerprint density at radius 3 is 1.92 bits per heavy atom. The molecule has 0 aromatic carbocycles. The van der Waals surface area contributed by atoms with Crippen LogP contribution >= 0.6 is 0 Å². The van der Waals surface area contributed by atoms with Crippen molar-refractivity contribution in [2.24, 2.45) is 5.41 Å². The van der Waals surface area contributed by atoms with Crippen molar-refractivity contribution in [3.8, 4) is 0 Å². The van der Waals surface area contributed by atoms with E-state index >= 15 is 0 Å². The Morgan fingerprint density at radius 1 is 1.17 bits per heavy atom. The lowest BCUT2D eigenvalue weighted by Gasteiger charge is -2.22. The molecule has 0 aromatic heterocycles. The van der Waals surface area contributed by atoms with Gasteiger partial charge in [-0.05, 0) is 31.1 Å². The number of rotatable bonds is 3. The summed E-state index contributed by atoms with van der Waals surface area (Å²) in [6, 6.07) is 0. The van der Waals surface area contributed by atoms with Crippen LogP contribution in [0.5, 0.6) is 0 Å². The van der Waals surface area contributed by atoms with Gasteiger partial charge in [-0.2, -0.15) is 0 Å². The van der Waals surface area contributed by atoms with Gasteiger partial charge in [-0.1, -0.05) is 6.92 Å². The lowest BCUT2D eigenvalue weighted by atomic mass is 9.98. The Bertz CT molecular complexity index is 299. The molecule has 0 bridgehead atoms. The summed E-state index contributed by atoms with van der Waals surface area (Å²) in [5, 5.41) is 0. The van der Waals surface area contributed by atoms with Crippen LogP contribution in [0, 0.1) is 5.41 Å². The number of sulfonamides is 1. The summed E-state index contributed by atoms with van der Waals surface area (Å²) in [6.45, 7) is 2.18. The standard InChI is InChI=1S/C8H15NO2S/c1-7(3-4-7)8(5-6-8)9-12(2,10)11/h9H,3-6H2,1-2H3. The fourth-order valence-corrected chi connectivity index (χ4v) is 3.14. The first-order valence-corrected chi connectivity index (χ1v) is 6.25. The van der Waals surface area contributed by atoms with Gasteiger partial charge in [0.2, 0.25) is 10.0 Å². The molecular formula is C8H15NO2S. The molecule has 12 heavy (non-hydrogen) atoms. The van der Waals surface area contributed by atoms with Gasteiger partial charge < -0.3 is 0 Å². The summed E-state index contributed by atoms with van der Waals surface area (Å²) < 4.78 is 24.9. The highest BCUT2D eigenvalue weighted by Gasteiger charge is 2.63. The molecule has 0 aromatic rings. The van der Waals surface area contributed by atoms with E-state index < -0.39 is 10.0 Å². The zero-order valence-corrected chi connectivity index (χ0v) is 8.37. The summed E-state index contributed by atoms with van der Waals surface area (Å²) in [5.74, 6) is 0. The van der Waals surface area contributed by atoms with Crippen LogP contribution in [0.1, 0.15) is 32.6 Å². The van der Waals surface area contributed by atoms with E-state index in [-0.39, 0.29) is 11.0 Å². The van der Waals surface area contributed by atoms with Gasteiger partial charge in [0.05, 0.1) is 6.26 Å². The Balaban J connectivity index is 2.13. The molecule has 2 fully saturated rings. The van der Waals surface area contributed by atoms with Gasteiger partial charge in [0.15, 0.2) is 0 Å². The first-order chi connectivity index (χ1) is 5.37. The van der Waals surface area contributed by atoms with E-state index in [4.69, 9.17) is 0 Å². The maximum absolute atomic E-state index is 11.1. The molecule has 0 atom stereocenters. The van der Waals surface area contributed by atoms with Crippen molar-refractivity contribution in [3.05, 3.63) is 0 Å². The average molecular weight is 189 g/mol. The van der Waals surface area contributed by atoms with Gasteiger partial charge in [0, 0.05) is 5.54 Å².